The van der Waals surface area contributed by atoms with Gasteiger partial charge in [0.25, 0.3) is 0 Å². The SMILES string of the molecule is O=C1OO[C@@H]1[C@@H](O)[C@@H](O)[C@H](O)CO. The fourth-order valence-electron chi connectivity index (χ4n) is 0.854. The highest BCUT2D eigenvalue weighted by molar-refractivity contribution is 5.77. The van der Waals surface area contributed by atoms with Crippen LogP contribution in [0, 0.1) is 0 Å². The quantitative estimate of drug-likeness (QED) is 0.350. The molecule has 0 saturated carbocycles. The first kappa shape index (κ1) is 10.4. The van der Waals surface area contributed by atoms with Crippen molar-refractivity contribution in [1.82, 2.24) is 0 Å². The fraction of sp³-hybridized carbons (Fsp3) is 0.833. The topological polar surface area (TPSA) is 116 Å². The number of aliphatic hydroxyl groups excluding tert-OH is 4. The van der Waals surface area contributed by atoms with E-state index in [-0.39, 0.29) is 0 Å². The molecular weight excluding hydrogens is 184 g/mol. The van der Waals surface area contributed by atoms with Gasteiger partial charge >= 0.3 is 5.97 Å². The van der Waals surface area contributed by atoms with E-state index in [1.54, 1.807) is 0 Å². The molecule has 0 radical (unpaired) electrons. The summed E-state index contributed by atoms with van der Waals surface area (Å²) in [5, 5.41) is 35.6. The van der Waals surface area contributed by atoms with Crippen molar-refractivity contribution in [1.29, 1.82) is 0 Å². The molecule has 1 rings (SSSR count). The molecule has 0 bridgehead atoms. The highest BCUT2D eigenvalue weighted by atomic mass is 17.3. The first-order valence-electron chi connectivity index (χ1n) is 3.60. The van der Waals surface area contributed by atoms with Crippen LogP contribution in [0.2, 0.25) is 0 Å². The fourth-order valence-corrected chi connectivity index (χ4v) is 0.854. The summed E-state index contributed by atoms with van der Waals surface area (Å²) in [5.74, 6) is -0.823. The van der Waals surface area contributed by atoms with Gasteiger partial charge in [0.05, 0.1) is 6.61 Å². The first-order valence-corrected chi connectivity index (χ1v) is 3.60. The molecule has 0 aromatic carbocycles. The summed E-state index contributed by atoms with van der Waals surface area (Å²) in [6, 6.07) is 0. The van der Waals surface area contributed by atoms with Crippen LogP contribution in [0.15, 0.2) is 0 Å². The zero-order valence-electron chi connectivity index (χ0n) is 6.53. The Hall–Kier alpha value is -0.730. The van der Waals surface area contributed by atoms with Gasteiger partial charge in [-0.2, -0.15) is 4.89 Å². The van der Waals surface area contributed by atoms with Crippen LogP contribution < -0.4 is 0 Å². The number of aliphatic hydroxyl groups is 4. The largest absolute Gasteiger partial charge is 0.394 e. The minimum Gasteiger partial charge on any atom is -0.394 e. The zero-order valence-corrected chi connectivity index (χ0v) is 6.53. The summed E-state index contributed by atoms with van der Waals surface area (Å²) < 4.78 is 0. The molecule has 0 aromatic rings. The maximum atomic E-state index is 10.5. The lowest BCUT2D eigenvalue weighted by Crippen LogP contribution is -2.55. The first-order chi connectivity index (χ1) is 6.07. The van der Waals surface area contributed by atoms with Gasteiger partial charge in [-0.15, -0.1) is 0 Å². The minimum absolute atomic E-state index is 0.722. The molecule has 4 N–H and O–H groups in total. The number of carbonyl (C=O) groups is 1. The molecule has 1 aliphatic rings. The van der Waals surface area contributed by atoms with Crippen molar-refractivity contribution in [3.8, 4) is 0 Å². The molecule has 4 atom stereocenters. The highest BCUT2D eigenvalue weighted by Crippen LogP contribution is 2.17. The molecule has 0 aliphatic carbocycles. The number of rotatable bonds is 4. The summed E-state index contributed by atoms with van der Waals surface area (Å²) in [7, 11) is 0. The smallest absolute Gasteiger partial charge is 0.378 e. The van der Waals surface area contributed by atoms with E-state index in [0.29, 0.717) is 0 Å². The van der Waals surface area contributed by atoms with Crippen LogP contribution in [-0.2, 0) is 14.6 Å². The van der Waals surface area contributed by atoms with Gasteiger partial charge in [-0.1, -0.05) is 0 Å². The van der Waals surface area contributed by atoms with Gasteiger partial charge in [0.2, 0.25) is 6.10 Å². The molecule has 0 amide bonds. The van der Waals surface area contributed by atoms with Crippen molar-refractivity contribution in [2.45, 2.75) is 24.4 Å². The molecule has 1 aliphatic heterocycles. The van der Waals surface area contributed by atoms with Crippen LogP contribution in [-0.4, -0.2) is 57.4 Å². The number of hydrogen-bond donors (Lipinski definition) is 4. The van der Waals surface area contributed by atoms with Crippen LogP contribution in [0.4, 0.5) is 0 Å². The van der Waals surface area contributed by atoms with E-state index in [0.717, 1.165) is 0 Å². The summed E-state index contributed by atoms with van der Waals surface area (Å²) in [4.78, 5) is 18.6. The third-order valence-electron chi connectivity index (χ3n) is 1.71. The van der Waals surface area contributed by atoms with Crippen LogP contribution in [0.1, 0.15) is 0 Å². The van der Waals surface area contributed by atoms with E-state index in [9.17, 15) is 4.79 Å². The second kappa shape index (κ2) is 3.99. The Bertz CT molecular complexity index is 193. The lowest BCUT2D eigenvalue weighted by atomic mass is 10.0. The Kier molecular flexibility index (Phi) is 3.17. The second-order valence-corrected chi connectivity index (χ2v) is 2.65. The average Bonchev–Trinajstić information content (AvgIpc) is 2.12. The summed E-state index contributed by atoms with van der Waals surface area (Å²) in [6.07, 6.45) is -6.07. The van der Waals surface area contributed by atoms with Crippen molar-refractivity contribution in [3.05, 3.63) is 0 Å². The van der Waals surface area contributed by atoms with E-state index in [4.69, 9.17) is 20.4 Å². The Morgan fingerprint density at radius 3 is 2.31 bits per heavy atom. The predicted octanol–water partition coefficient (Wildman–Crippen LogP) is -3.08. The normalized spacial score (nSPS) is 28.6. The maximum absolute atomic E-state index is 10.5. The summed E-state index contributed by atoms with van der Waals surface area (Å²) in [6.45, 7) is -0.722. The van der Waals surface area contributed by atoms with Crippen LogP contribution in [0.5, 0.6) is 0 Å². The van der Waals surface area contributed by atoms with Gasteiger partial charge in [-0.05, 0) is 0 Å². The van der Waals surface area contributed by atoms with Crippen molar-refractivity contribution in [2.75, 3.05) is 6.61 Å². The van der Waals surface area contributed by atoms with Gasteiger partial charge in [0.15, 0.2) is 0 Å². The van der Waals surface area contributed by atoms with E-state index in [1.807, 2.05) is 0 Å². The third-order valence-corrected chi connectivity index (χ3v) is 1.71. The molecule has 1 saturated heterocycles. The maximum Gasteiger partial charge on any atom is 0.378 e. The van der Waals surface area contributed by atoms with Crippen LogP contribution >= 0.6 is 0 Å². The predicted molar refractivity (Wildman–Crippen MR) is 36.1 cm³/mol. The molecule has 1 heterocycles. The van der Waals surface area contributed by atoms with Crippen molar-refractivity contribution < 1.29 is 35.0 Å². The van der Waals surface area contributed by atoms with Gasteiger partial charge < -0.3 is 20.4 Å². The highest BCUT2D eigenvalue weighted by Gasteiger charge is 2.45. The van der Waals surface area contributed by atoms with Gasteiger partial charge in [0.1, 0.15) is 18.3 Å². The van der Waals surface area contributed by atoms with E-state index in [1.165, 1.54) is 0 Å². The van der Waals surface area contributed by atoms with Crippen LogP contribution in [0.25, 0.3) is 0 Å². The molecule has 1 fully saturated rings. The van der Waals surface area contributed by atoms with Crippen molar-refractivity contribution in [3.63, 3.8) is 0 Å². The molecule has 7 heteroatoms. The number of carbonyl (C=O) groups excluding carboxylic acids is 1. The lowest BCUT2D eigenvalue weighted by molar-refractivity contribution is -0.380. The van der Waals surface area contributed by atoms with E-state index in [2.05, 4.69) is 9.78 Å². The van der Waals surface area contributed by atoms with E-state index >= 15 is 0 Å². The Morgan fingerprint density at radius 1 is 1.38 bits per heavy atom. The molecule has 0 spiro atoms. The Labute approximate surface area is 73.1 Å². The molecule has 13 heavy (non-hydrogen) atoms. The third kappa shape index (κ3) is 1.95. The average molecular weight is 194 g/mol. The van der Waals surface area contributed by atoms with Crippen molar-refractivity contribution >= 4 is 5.97 Å². The zero-order chi connectivity index (χ0) is 10.0. The van der Waals surface area contributed by atoms with Crippen LogP contribution in [0.3, 0.4) is 0 Å². The van der Waals surface area contributed by atoms with Crippen molar-refractivity contribution in [2.24, 2.45) is 0 Å². The lowest BCUT2D eigenvalue weighted by Gasteiger charge is -2.30. The molecule has 76 valence electrons. The molecule has 0 unspecified atom stereocenters. The Morgan fingerprint density at radius 2 is 2.00 bits per heavy atom. The second-order valence-electron chi connectivity index (χ2n) is 2.65. The van der Waals surface area contributed by atoms with Gasteiger partial charge in [-0.25, -0.2) is 4.79 Å². The monoisotopic (exact) mass is 194 g/mol. The summed E-state index contributed by atoms with van der Waals surface area (Å²) >= 11 is 0. The minimum atomic E-state index is -1.65. The molecule has 7 nitrogen and oxygen atoms in total. The van der Waals surface area contributed by atoms with E-state index < -0.39 is 37.0 Å². The Balaban J connectivity index is 2.46. The molecule has 0 aromatic heterocycles. The number of hydrogen-bond acceptors (Lipinski definition) is 7. The summed E-state index contributed by atoms with van der Waals surface area (Å²) in [5.41, 5.74) is 0. The van der Waals surface area contributed by atoms with Gasteiger partial charge in [0, 0.05) is 0 Å². The van der Waals surface area contributed by atoms with Gasteiger partial charge in [-0.3, -0.25) is 4.89 Å². The standard InChI is InChI=1S/C6H10O7/c7-1-2(8)3(9)4(10)5-6(11)13-12-5/h2-5,7-10H,1H2/t2-,3+,4+,5-/m1/s1. The molecular formula is C6H10O7.